The molecule has 0 aromatic rings. The van der Waals surface area contributed by atoms with Crippen LogP contribution >= 0.6 is 0 Å². The number of halogens is 3. The largest absolute Gasteiger partial charge is 2.00 e. The van der Waals surface area contributed by atoms with Crippen LogP contribution in [0.2, 0.25) is 0 Å². The predicted molar refractivity (Wildman–Crippen MR) is 0.686 cm³/mol. The average molecular weight is 307 g/mol. The van der Waals surface area contributed by atoms with Gasteiger partial charge >= 0.3 is 0 Å². The summed E-state index contributed by atoms with van der Waals surface area (Å²) in [4.78, 5) is 0. The first-order valence-corrected chi connectivity index (χ1v) is 0. The molecular weight excluding hydrogens is 307 g/mol. The molecule has 5 heavy (non-hydrogen) atoms. The molecule has 0 aromatic heterocycles. The quantitative estimate of drug-likeness (QED) is 0.425. The first kappa shape index (κ1) is 63.5. The van der Waals surface area contributed by atoms with Gasteiger partial charge in [-0.2, -0.15) is 0 Å². The normalized spacial score (nSPS) is 0. The molecule has 0 aliphatic carbocycles. The summed E-state index contributed by atoms with van der Waals surface area (Å²) in [5.74, 6) is 0. The van der Waals surface area contributed by atoms with E-state index in [9.17, 15) is 0 Å². The smallest absolute Gasteiger partial charge is 0 e. The molecule has 0 bridgehead atoms. The monoisotopic (exact) mass is 304 g/mol. The van der Waals surface area contributed by atoms with Crippen molar-refractivity contribution in [3.63, 3.8) is 0 Å². The van der Waals surface area contributed by atoms with E-state index in [1.807, 2.05) is 0 Å². The zero-order chi connectivity index (χ0) is 0. The fraction of sp³-hybridized carbons (Fsp3) is 0. The summed E-state index contributed by atoms with van der Waals surface area (Å²) >= 11 is 0. The van der Waals surface area contributed by atoms with Gasteiger partial charge in [-0.3, -0.25) is 0 Å². The van der Waals surface area contributed by atoms with Crippen molar-refractivity contribution in [2.75, 3.05) is 0 Å². The van der Waals surface area contributed by atoms with E-state index in [4.69, 9.17) is 0 Å². The Balaban J connectivity index is 0. The van der Waals surface area contributed by atoms with Crippen molar-refractivity contribution in [1.29, 1.82) is 0 Å². The van der Waals surface area contributed by atoms with Gasteiger partial charge in [0.2, 0.25) is 0 Å². The van der Waals surface area contributed by atoms with Gasteiger partial charge in [-0.05, 0) is 0 Å². The Morgan fingerprint density at radius 1 is 0.600 bits per heavy atom. The van der Waals surface area contributed by atoms with Crippen LogP contribution in [-0.2, 0) is 24.0 Å². The molecule has 1 radical (unpaired) electrons. The Morgan fingerprint density at radius 2 is 0.600 bits per heavy atom. The van der Waals surface area contributed by atoms with Gasteiger partial charge in [0.05, 0.1) is 0 Å². The fourth-order valence-corrected chi connectivity index (χ4v) is 0. The van der Waals surface area contributed by atoms with Crippen LogP contribution in [0.1, 0.15) is 0 Å². The third-order valence-corrected chi connectivity index (χ3v) is 0. The van der Waals surface area contributed by atoms with E-state index in [2.05, 4.69) is 0 Å². The third kappa shape index (κ3) is 24.1. The van der Waals surface area contributed by atoms with Crippen molar-refractivity contribution in [2.24, 2.45) is 0 Å². The van der Waals surface area contributed by atoms with Crippen molar-refractivity contribution in [1.82, 2.24) is 0 Å². The molecule has 1 nitrogen and oxygen atoms in total. The molecule has 0 spiro atoms. The number of hydrogen-bond donors (Lipinski definition) is 0. The fourth-order valence-electron chi connectivity index (χ4n) is 0. The van der Waals surface area contributed by atoms with Crippen LogP contribution in [0.15, 0.2) is 0 Å². The van der Waals surface area contributed by atoms with Crippen molar-refractivity contribution in [2.45, 2.75) is 0 Å². The van der Waals surface area contributed by atoms with Crippen LogP contribution in [-0.4, -0.2) is 0 Å². The molecule has 0 aliphatic heterocycles. The van der Waals surface area contributed by atoms with Crippen LogP contribution in [0.25, 0.3) is 0 Å². The van der Waals surface area contributed by atoms with Crippen molar-refractivity contribution in [3.05, 3.63) is 0 Å². The maximum absolute atomic E-state index is 0. The second-order valence-electron chi connectivity index (χ2n) is 0. The van der Waals surface area contributed by atoms with Crippen LogP contribution in [0.3, 0.4) is 0 Å². The Hall–Kier alpha value is 1.98. The third-order valence-electron chi connectivity index (χ3n) is 0. The van der Waals surface area contributed by atoms with Gasteiger partial charge in [0, 0.05) is 18.6 Å². The summed E-state index contributed by atoms with van der Waals surface area (Å²) in [6.45, 7) is 0. The number of hydrogen-bond acceptors (Lipinski definition) is 0. The van der Waals surface area contributed by atoms with E-state index in [1.165, 1.54) is 0 Å². The molecule has 0 saturated heterocycles. The number of rotatable bonds is 0. The topological polar surface area (TPSA) is 28.5 Å². The van der Waals surface area contributed by atoms with Gasteiger partial charge in [0.25, 0.3) is 0 Å². The standard InChI is InChI=1S/3BrH.O.V/h3*1H;;/q;;;-2;/p-3. The zero-order valence-electron chi connectivity index (χ0n) is 1.99. The van der Waals surface area contributed by atoms with Gasteiger partial charge in [-0.25, -0.2) is 0 Å². The summed E-state index contributed by atoms with van der Waals surface area (Å²) in [5, 5.41) is 0. The Labute approximate surface area is 74.4 Å². The Bertz CT molecular complexity index is 6.85. The van der Waals surface area contributed by atoms with Crippen LogP contribution in [0.5, 0.6) is 0 Å². The molecule has 0 atom stereocenters. The predicted octanol–water partition coefficient (Wildman–Crippen LogP) is -9.11. The summed E-state index contributed by atoms with van der Waals surface area (Å²) in [6.07, 6.45) is 0. The zero-order valence-corrected chi connectivity index (χ0v) is 8.14. The minimum Gasteiger partial charge on any atom is -2.00 e. The van der Waals surface area contributed by atoms with E-state index < -0.39 is 0 Å². The van der Waals surface area contributed by atoms with Gasteiger partial charge < -0.3 is 56.4 Å². The van der Waals surface area contributed by atoms with E-state index in [0.29, 0.717) is 0 Å². The van der Waals surface area contributed by atoms with Crippen LogP contribution in [0.4, 0.5) is 0 Å². The van der Waals surface area contributed by atoms with Gasteiger partial charge in [0.1, 0.15) is 0 Å². The first-order chi connectivity index (χ1) is 0. The van der Waals surface area contributed by atoms with Crippen molar-refractivity contribution >= 4 is 0 Å². The molecule has 0 amide bonds. The molecule has 5 heteroatoms. The summed E-state index contributed by atoms with van der Waals surface area (Å²) in [5.41, 5.74) is 0. The van der Waals surface area contributed by atoms with E-state index >= 15 is 0 Å². The molecule has 0 aliphatic rings. The maximum Gasteiger partial charge on any atom is 0 e. The molecule has 0 unspecified atom stereocenters. The first-order valence-electron chi connectivity index (χ1n) is 0. The summed E-state index contributed by atoms with van der Waals surface area (Å²) in [6, 6.07) is 0. The molecule has 0 N–H and O–H groups in total. The van der Waals surface area contributed by atoms with Gasteiger partial charge in [-0.15, -0.1) is 0 Å². The molecule has 0 saturated carbocycles. The molecule has 0 heterocycles. The maximum atomic E-state index is 0. The minimum atomic E-state index is 0. The van der Waals surface area contributed by atoms with E-state index in [0.717, 1.165) is 0 Å². The Kier molecular flexibility index (Phi) is 480. The SMILES string of the molecule is [Br-].[Br-].[Br-].[O-2].[V]. The molecular formula is Br3OV-5. The summed E-state index contributed by atoms with van der Waals surface area (Å²) in [7, 11) is 0. The van der Waals surface area contributed by atoms with Crippen LogP contribution < -0.4 is 50.9 Å². The van der Waals surface area contributed by atoms with E-state index in [-0.39, 0.29) is 75.0 Å². The molecule has 0 rings (SSSR count). The van der Waals surface area contributed by atoms with Gasteiger partial charge in [-0.1, -0.05) is 0 Å². The molecule has 0 fully saturated rings. The van der Waals surface area contributed by atoms with E-state index in [1.54, 1.807) is 0 Å². The molecule has 37 valence electrons. The summed E-state index contributed by atoms with van der Waals surface area (Å²) < 4.78 is 0. The van der Waals surface area contributed by atoms with Crippen LogP contribution in [0, 0.1) is 0 Å². The van der Waals surface area contributed by atoms with Crippen molar-refractivity contribution < 1.29 is 75.0 Å². The van der Waals surface area contributed by atoms with Crippen molar-refractivity contribution in [3.8, 4) is 0 Å². The second kappa shape index (κ2) is 37.8. The van der Waals surface area contributed by atoms with Gasteiger partial charge in [0.15, 0.2) is 0 Å². The second-order valence-corrected chi connectivity index (χ2v) is 0. The molecule has 0 aromatic carbocycles. The minimum absolute atomic E-state index is 0. The Morgan fingerprint density at radius 3 is 0.600 bits per heavy atom. The average Bonchev–Trinajstić information content (AvgIpc) is 0.